The van der Waals surface area contributed by atoms with E-state index in [1.54, 1.807) is 60.9 Å². The van der Waals surface area contributed by atoms with Crippen LogP contribution in [-0.2, 0) is 11.3 Å². The van der Waals surface area contributed by atoms with Crippen molar-refractivity contribution >= 4 is 33.8 Å². The van der Waals surface area contributed by atoms with E-state index in [1.165, 1.54) is 0 Å². The van der Waals surface area contributed by atoms with Gasteiger partial charge in [0.2, 0.25) is 0 Å². The number of para-hydroxylation sites is 1. The molecule has 0 aliphatic rings. The minimum Gasteiger partial charge on any atom is -0.456 e. The molecule has 0 saturated carbocycles. The predicted octanol–water partition coefficient (Wildman–Crippen LogP) is 5.72. The minimum atomic E-state index is -0.410. The Balaban J connectivity index is 1.53. The molecule has 0 bridgehead atoms. The summed E-state index contributed by atoms with van der Waals surface area (Å²) in [7, 11) is 0. The van der Waals surface area contributed by atoms with Gasteiger partial charge in [-0.15, -0.1) is 0 Å². The number of ether oxygens (including phenoxy) is 1. The number of aromatic nitrogens is 1. The van der Waals surface area contributed by atoms with Crippen molar-refractivity contribution in [2.24, 2.45) is 0 Å². The maximum absolute atomic E-state index is 13.0. The fraction of sp³-hybridized carbons (Fsp3) is 0.0357. The van der Waals surface area contributed by atoms with Crippen molar-refractivity contribution in [1.82, 2.24) is 15.6 Å². The number of carbonyl (C=O) groups is 2. The van der Waals surface area contributed by atoms with Crippen molar-refractivity contribution in [1.29, 1.82) is 0 Å². The number of benzene rings is 3. The van der Waals surface area contributed by atoms with Gasteiger partial charge < -0.3 is 15.4 Å². The smallest absolute Gasteiger partial charge is 0.268 e. The van der Waals surface area contributed by atoms with Crippen LogP contribution < -0.4 is 15.4 Å². The Hall–Kier alpha value is -4.23. The highest BCUT2D eigenvalue weighted by molar-refractivity contribution is 9.10. The summed E-state index contributed by atoms with van der Waals surface area (Å²) in [5.41, 5.74) is 2.16. The molecule has 0 atom stereocenters. The van der Waals surface area contributed by atoms with E-state index in [9.17, 15) is 9.59 Å². The second kappa shape index (κ2) is 11.8. The van der Waals surface area contributed by atoms with Gasteiger partial charge in [0.05, 0.1) is 4.47 Å². The summed E-state index contributed by atoms with van der Waals surface area (Å²) in [6.45, 7) is 0.282. The second-order valence-corrected chi connectivity index (χ2v) is 8.38. The number of nitrogens with zero attached hydrogens (tertiary/aromatic N) is 1. The third-order valence-electron chi connectivity index (χ3n) is 4.96. The molecule has 0 aliphatic heterocycles. The summed E-state index contributed by atoms with van der Waals surface area (Å²) in [6.07, 6.45) is 4.97. The number of rotatable bonds is 8. The van der Waals surface area contributed by atoms with Crippen LogP contribution >= 0.6 is 15.9 Å². The van der Waals surface area contributed by atoms with Crippen molar-refractivity contribution in [2.45, 2.75) is 6.54 Å². The lowest BCUT2D eigenvalue weighted by Gasteiger charge is -2.12. The minimum absolute atomic E-state index is 0.127. The standard InChI is InChI=1S/C28H22BrN3O3/c29-24-10-4-5-11-26(24)35-23-14-12-20(13-15-23)17-25(32-27(33)22-8-2-1-3-9-22)28(34)31-19-21-7-6-16-30-18-21/h1-18H,19H2,(H,31,34)(H,32,33). The molecule has 3 aromatic carbocycles. The first-order valence-electron chi connectivity index (χ1n) is 10.9. The molecule has 7 heteroatoms. The van der Waals surface area contributed by atoms with Crippen LogP contribution in [0.2, 0.25) is 0 Å². The highest BCUT2D eigenvalue weighted by Gasteiger charge is 2.15. The van der Waals surface area contributed by atoms with Gasteiger partial charge in [-0.3, -0.25) is 14.6 Å². The van der Waals surface area contributed by atoms with Gasteiger partial charge in [-0.2, -0.15) is 0 Å². The van der Waals surface area contributed by atoms with E-state index in [0.717, 1.165) is 15.6 Å². The van der Waals surface area contributed by atoms with Gasteiger partial charge in [-0.25, -0.2) is 0 Å². The molecule has 174 valence electrons. The Kier molecular flexibility index (Phi) is 8.04. The SMILES string of the molecule is O=C(NCc1cccnc1)C(=Cc1ccc(Oc2ccccc2Br)cc1)NC(=O)c1ccccc1. The van der Waals surface area contributed by atoms with Crippen LogP contribution in [0.5, 0.6) is 11.5 Å². The van der Waals surface area contributed by atoms with E-state index in [4.69, 9.17) is 4.74 Å². The molecule has 0 unspecified atom stereocenters. The number of amides is 2. The van der Waals surface area contributed by atoms with E-state index in [-0.39, 0.29) is 18.1 Å². The van der Waals surface area contributed by atoms with Gasteiger partial charge in [0.1, 0.15) is 17.2 Å². The lowest BCUT2D eigenvalue weighted by Crippen LogP contribution is -2.34. The molecule has 0 aliphatic carbocycles. The van der Waals surface area contributed by atoms with Crippen LogP contribution in [0.15, 0.2) is 114 Å². The van der Waals surface area contributed by atoms with Crippen molar-refractivity contribution in [3.63, 3.8) is 0 Å². The molecule has 0 saturated heterocycles. The van der Waals surface area contributed by atoms with Crippen LogP contribution in [0.3, 0.4) is 0 Å². The number of nitrogens with one attached hydrogen (secondary N) is 2. The monoisotopic (exact) mass is 527 g/mol. The Morgan fingerprint density at radius 3 is 2.34 bits per heavy atom. The van der Waals surface area contributed by atoms with E-state index in [0.29, 0.717) is 17.1 Å². The summed E-state index contributed by atoms with van der Waals surface area (Å²) in [5, 5.41) is 5.57. The molecule has 0 fully saturated rings. The summed E-state index contributed by atoms with van der Waals surface area (Å²) in [5.74, 6) is 0.556. The van der Waals surface area contributed by atoms with E-state index >= 15 is 0 Å². The van der Waals surface area contributed by atoms with Gasteiger partial charge in [0.15, 0.2) is 0 Å². The number of hydrogen-bond acceptors (Lipinski definition) is 4. The van der Waals surface area contributed by atoms with Crippen molar-refractivity contribution in [3.05, 3.63) is 130 Å². The lowest BCUT2D eigenvalue weighted by molar-refractivity contribution is -0.117. The molecule has 4 rings (SSSR count). The van der Waals surface area contributed by atoms with Gasteiger partial charge in [0, 0.05) is 24.5 Å². The number of hydrogen-bond donors (Lipinski definition) is 2. The van der Waals surface area contributed by atoms with Gasteiger partial charge >= 0.3 is 0 Å². The summed E-state index contributed by atoms with van der Waals surface area (Å²) in [6, 6.07) is 27.2. The molecule has 0 radical (unpaired) electrons. The van der Waals surface area contributed by atoms with Crippen LogP contribution in [0, 0.1) is 0 Å². The Morgan fingerprint density at radius 2 is 1.63 bits per heavy atom. The molecule has 6 nitrogen and oxygen atoms in total. The van der Waals surface area contributed by atoms with Crippen LogP contribution in [-0.4, -0.2) is 16.8 Å². The average Bonchev–Trinajstić information content (AvgIpc) is 2.90. The maximum atomic E-state index is 13.0. The number of halogens is 1. The molecule has 4 aromatic rings. The second-order valence-electron chi connectivity index (χ2n) is 7.52. The quantitative estimate of drug-likeness (QED) is 0.287. The summed E-state index contributed by atoms with van der Waals surface area (Å²) < 4.78 is 6.75. The largest absolute Gasteiger partial charge is 0.456 e. The Labute approximate surface area is 211 Å². The fourth-order valence-electron chi connectivity index (χ4n) is 3.18. The fourth-order valence-corrected chi connectivity index (χ4v) is 3.54. The lowest BCUT2D eigenvalue weighted by atomic mass is 10.1. The Morgan fingerprint density at radius 1 is 0.886 bits per heavy atom. The van der Waals surface area contributed by atoms with Crippen molar-refractivity contribution < 1.29 is 14.3 Å². The average molecular weight is 528 g/mol. The first-order chi connectivity index (χ1) is 17.1. The van der Waals surface area contributed by atoms with Gasteiger partial charge in [-0.1, -0.05) is 48.5 Å². The molecular weight excluding hydrogens is 506 g/mol. The third kappa shape index (κ3) is 6.88. The zero-order valence-electron chi connectivity index (χ0n) is 18.6. The first kappa shape index (κ1) is 23.9. The molecule has 2 amide bonds. The predicted molar refractivity (Wildman–Crippen MR) is 139 cm³/mol. The van der Waals surface area contributed by atoms with Gasteiger partial charge in [0.25, 0.3) is 11.8 Å². The van der Waals surface area contributed by atoms with E-state index in [2.05, 4.69) is 31.5 Å². The van der Waals surface area contributed by atoms with Crippen LogP contribution in [0.1, 0.15) is 21.5 Å². The summed E-state index contributed by atoms with van der Waals surface area (Å²) >= 11 is 3.47. The molecular formula is C28H22BrN3O3. The molecule has 35 heavy (non-hydrogen) atoms. The number of pyridine rings is 1. The zero-order chi connectivity index (χ0) is 24.5. The molecule has 2 N–H and O–H groups in total. The maximum Gasteiger partial charge on any atom is 0.268 e. The molecule has 1 heterocycles. The van der Waals surface area contributed by atoms with Gasteiger partial charge in [-0.05, 0) is 75.6 Å². The van der Waals surface area contributed by atoms with Crippen LogP contribution in [0.4, 0.5) is 0 Å². The van der Waals surface area contributed by atoms with E-state index < -0.39 is 5.91 Å². The third-order valence-corrected chi connectivity index (χ3v) is 5.62. The Bertz CT molecular complexity index is 1320. The highest BCUT2D eigenvalue weighted by Crippen LogP contribution is 2.29. The van der Waals surface area contributed by atoms with Crippen LogP contribution in [0.25, 0.3) is 6.08 Å². The highest BCUT2D eigenvalue weighted by atomic mass is 79.9. The topological polar surface area (TPSA) is 80.3 Å². The zero-order valence-corrected chi connectivity index (χ0v) is 20.2. The molecule has 1 aromatic heterocycles. The van der Waals surface area contributed by atoms with Crippen molar-refractivity contribution in [2.75, 3.05) is 0 Å². The normalized spacial score (nSPS) is 10.9. The summed E-state index contributed by atoms with van der Waals surface area (Å²) in [4.78, 5) is 29.8. The molecule has 0 spiro atoms. The van der Waals surface area contributed by atoms with Crippen molar-refractivity contribution in [3.8, 4) is 11.5 Å². The number of carbonyl (C=O) groups excluding carboxylic acids is 2. The van der Waals surface area contributed by atoms with E-state index in [1.807, 2.05) is 48.5 Å². The first-order valence-corrected chi connectivity index (χ1v) is 11.7.